The largest absolute Gasteiger partial charge is 0.399 e. The summed E-state index contributed by atoms with van der Waals surface area (Å²) in [6, 6.07) is 7.57. The second-order valence-corrected chi connectivity index (χ2v) is 5.70. The van der Waals surface area contributed by atoms with Crippen molar-refractivity contribution in [2.45, 2.75) is 38.5 Å². The fourth-order valence-electron chi connectivity index (χ4n) is 2.80. The van der Waals surface area contributed by atoms with Crippen LogP contribution in [0.25, 0.3) is 0 Å². The lowest BCUT2D eigenvalue weighted by atomic mass is 9.89. The predicted octanol–water partition coefficient (Wildman–Crippen LogP) is 3.27. The van der Waals surface area contributed by atoms with Gasteiger partial charge in [0.05, 0.1) is 6.42 Å². The third-order valence-corrected chi connectivity index (χ3v) is 4.02. The Bertz CT molecular complexity index is 413. The van der Waals surface area contributed by atoms with Gasteiger partial charge < -0.3 is 10.6 Å². The molecule has 0 aliphatic heterocycles. The molecule has 1 aliphatic rings. The number of anilines is 1. The van der Waals surface area contributed by atoms with Crippen molar-refractivity contribution in [3.63, 3.8) is 0 Å². The third kappa shape index (κ3) is 5.04. The number of rotatable bonds is 4. The van der Waals surface area contributed by atoms with Crippen molar-refractivity contribution in [2.24, 2.45) is 5.92 Å². The Labute approximate surface area is 127 Å². The van der Waals surface area contributed by atoms with Crippen LogP contribution < -0.4 is 5.73 Å². The Kier molecular flexibility index (Phi) is 6.86. The van der Waals surface area contributed by atoms with E-state index in [2.05, 4.69) is 0 Å². The summed E-state index contributed by atoms with van der Waals surface area (Å²) in [5, 5.41) is 0. The summed E-state index contributed by atoms with van der Waals surface area (Å²) in [4.78, 5) is 14.1. The maximum absolute atomic E-state index is 12.2. The van der Waals surface area contributed by atoms with Gasteiger partial charge in [0.25, 0.3) is 0 Å². The first kappa shape index (κ1) is 16.8. The van der Waals surface area contributed by atoms with E-state index in [1.165, 1.54) is 32.1 Å². The van der Waals surface area contributed by atoms with E-state index < -0.39 is 0 Å². The van der Waals surface area contributed by atoms with Crippen LogP contribution in [0.4, 0.5) is 5.69 Å². The van der Waals surface area contributed by atoms with E-state index in [1.807, 2.05) is 36.2 Å². The van der Waals surface area contributed by atoms with Crippen LogP contribution in [0.1, 0.15) is 37.7 Å². The number of nitrogens with zero attached hydrogens (tertiary/aromatic N) is 1. The zero-order valence-electron chi connectivity index (χ0n) is 12.2. The molecule has 0 saturated heterocycles. The van der Waals surface area contributed by atoms with E-state index >= 15 is 0 Å². The van der Waals surface area contributed by atoms with Crippen molar-refractivity contribution in [1.82, 2.24) is 4.90 Å². The van der Waals surface area contributed by atoms with Crippen LogP contribution in [0.15, 0.2) is 24.3 Å². The molecule has 1 aromatic carbocycles. The van der Waals surface area contributed by atoms with E-state index in [9.17, 15) is 4.79 Å². The number of hydrogen-bond acceptors (Lipinski definition) is 2. The van der Waals surface area contributed by atoms with Crippen molar-refractivity contribution in [2.75, 3.05) is 19.3 Å². The van der Waals surface area contributed by atoms with Crippen LogP contribution >= 0.6 is 12.4 Å². The van der Waals surface area contributed by atoms with Gasteiger partial charge in [-0.1, -0.05) is 31.4 Å². The number of likely N-dealkylation sites (N-methyl/N-ethyl adjacent to an activating group) is 1. The topological polar surface area (TPSA) is 46.3 Å². The minimum atomic E-state index is 0. The molecule has 0 bridgehead atoms. The molecule has 0 heterocycles. The molecule has 0 aromatic heterocycles. The van der Waals surface area contributed by atoms with Crippen molar-refractivity contribution in [1.29, 1.82) is 0 Å². The van der Waals surface area contributed by atoms with Crippen molar-refractivity contribution in [3.8, 4) is 0 Å². The first-order chi connectivity index (χ1) is 9.15. The summed E-state index contributed by atoms with van der Waals surface area (Å²) in [5.74, 6) is 0.907. The number of carbonyl (C=O) groups excluding carboxylic acids is 1. The molecule has 112 valence electrons. The summed E-state index contributed by atoms with van der Waals surface area (Å²) >= 11 is 0. The summed E-state index contributed by atoms with van der Waals surface area (Å²) in [6.45, 7) is 0.911. The fourth-order valence-corrected chi connectivity index (χ4v) is 2.80. The number of benzene rings is 1. The molecule has 0 unspecified atom stereocenters. The quantitative estimate of drug-likeness (QED) is 0.867. The van der Waals surface area contributed by atoms with Crippen LogP contribution in [0.2, 0.25) is 0 Å². The number of hydrogen-bond donors (Lipinski definition) is 1. The van der Waals surface area contributed by atoms with Gasteiger partial charge in [-0.25, -0.2) is 0 Å². The number of amides is 1. The van der Waals surface area contributed by atoms with Gasteiger partial charge in [0.15, 0.2) is 0 Å². The van der Waals surface area contributed by atoms with E-state index in [4.69, 9.17) is 5.73 Å². The monoisotopic (exact) mass is 296 g/mol. The second-order valence-electron chi connectivity index (χ2n) is 5.70. The Balaban J connectivity index is 0.00000200. The van der Waals surface area contributed by atoms with Gasteiger partial charge in [-0.2, -0.15) is 0 Å². The van der Waals surface area contributed by atoms with Gasteiger partial charge in [0.2, 0.25) is 5.91 Å². The van der Waals surface area contributed by atoms with E-state index in [1.54, 1.807) is 0 Å². The molecule has 1 saturated carbocycles. The molecule has 2 rings (SSSR count). The molecule has 0 radical (unpaired) electrons. The molecular formula is C16H25ClN2O. The highest BCUT2D eigenvalue weighted by Gasteiger charge is 2.18. The van der Waals surface area contributed by atoms with Crippen molar-refractivity contribution in [3.05, 3.63) is 29.8 Å². The molecular weight excluding hydrogens is 272 g/mol. The lowest BCUT2D eigenvalue weighted by Crippen LogP contribution is -2.33. The van der Waals surface area contributed by atoms with Gasteiger partial charge in [-0.3, -0.25) is 4.79 Å². The molecule has 20 heavy (non-hydrogen) atoms. The zero-order chi connectivity index (χ0) is 13.7. The number of nitrogens with two attached hydrogens (primary N) is 1. The van der Waals surface area contributed by atoms with Gasteiger partial charge in [-0.05, 0) is 36.5 Å². The van der Waals surface area contributed by atoms with Gasteiger partial charge in [-0.15, -0.1) is 12.4 Å². The summed E-state index contributed by atoms with van der Waals surface area (Å²) in [5.41, 5.74) is 7.42. The molecule has 0 spiro atoms. The minimum absolute atomic E-state index is 0. The van der Waals surface area contributed by atoms with E-state index in [0.717, 1.165) is 17.8 Å². The Morgan fingerprint density at radius 1 is 1.20 bits per heavy atom. The molecule has 3 nitrogen and oxygen atoms in total. The molecule has 1 amide bonds. The number of halogens is 1. The lowest BCUT2D eigenvalue weighted by molar-refractivity contribution is -0.129. The highest BCUT2D eigenvalue weighted by Crippen LogP contribution is 2.24. The van der Waals surface area contributed by atoms with Crippen molar-refractivity contribution >= 4 is 24.0 Å². The second kappa shape index (κ2) is 8.15. The molecule has 4 heteroatoms. The molecule has 2 N–H and O–H groups in total. The number of carbonyl (C=O) groups is 1. The average molecular weight is 297 g/mol. The Hall–Kier alpha value is -1.22. The van der Waals surface area contributed by atoms with Crippen LogP contribution in [0, 0.1) is 5.92 Å². The Morgan fingerprint density at radius 3 is 2.40 bits per heavy atom. The fraction of sp³-hybridized carbons (Fsp3) is 0.562. The predicted molar refractivity (Wildman–Crippen MR) is 86.0 cm³/mol. The lowest BCUT2D eigenvalue weighted by Gasteiger charge is -2.27. The van der Waals surface area contributed by atoms with Gasteiger partial charge in [0.1, 0.15) is 0 Å². The average Bonchev–Trinajstić information content (AvgIpc) is 2.42. The highest BCUT2D eigenvalue weighted by molar-refractivity contribution is 5.85. The zero-order valence-corrected chi connectivity index (χ0v) is 13.0. The van der Waals surface area contributed by atoms with Crippen molar-refractivity contribution < 1.29 is 4.79 Å². The van der Waals surface area contributed by atoms with Crippen LogP contribution in [-0.2, 0) is 11.2 Å². The summed E-state index contributed by atoms with van der Waals surface area (Å²) < 4.78 is 0. The Morgan fingerprint density at radius 2 is 1.80 bits per heavy atom. The first-order valence-corrected chi connectivity index (χ1v) is 7.23. The molecule has 1 aromatic rings. The minimum Gasteiger partial charge on any atom is -0.399 e. The van der Waals surface area contributed by atoms with Crippen LogP contribution in [0.3, 0.4) is 0 Å². The first-order valence-electron chi connectivity index (χ1n) is 7.23. The molecule has 1 aliphatic carbocycles. The van der Waals surface area contributed by atoms with Crippen LogP contribution in [0.5, 0.6) is 0 Å². The van der Waals surface area contributed by atoms with Crippen LogP contribution in [-0.4, -0.2) is 24.4 Å². The third-order valence-electron chi connectivity index (χ3n) is 4.02. The highest BCUT2D eigenvalue weighted by atomic mass is 35.5. The maximum atomic E-state index is 12.2. The standard InChI is InChI=1S/C16H24N2O.ClH/c1-18(12-14-5-3-2-4-6-14)16(19)11-13-7-9-15(17)10-8-13;/h7-10,14H,2-6,11-12,17H2,1H3;1H. The maximum Gasteiger partial charge on any atom is 0.226 e. The number of nitrogen functional groups attached to an aromatic ring is 1. The summed E-state index contributed by atoms with van der Waals surface area (Å²) in [7, 11) is 1.92. The van der Waals surface area contributed by atoms with E-state index in [0.29, 0.717) is 12.3 Å². The van der Waals surface area contributed by atoms with Gasteiger partial charge in [0, 0.05) is 19.3 Å². The van der Waals surface area contributed by atoms with E-state index in [-0.39, 0.29) is 18.3 Å². The summed E-state index contributed by atoms with van der Waals surface area (Å²) in [6.07, 6.45) is 7.04. The SMILES string of the molecule is CN(CC1CCCCC1)C(=O)Cc1ccc(N)cc1.Cl. The smallest absolute Gasteiger partial charge is 0.226 e. The normalized spacial score (nSPS) is 15.4. The molecule has 1 fully saturated rings. The van der Waals surface area contributed by atoms with Gasteiger partial charge >= 0.3 is 0 Å². The molecule has 0 atom stereocenters.